The van der Waals surface area contributed by atoms with Crippen LogP contribution in [0, 0.1) is 0 Å². The first-order valence-corrected chi connectivity index (χ1v) is 7.82. The summed E-state index contributed by atoms with van der Waals surface area (Å²) in [6.45, 7) is 4.01. The number of aromatic nitrogens is 2. The van der Waals surface area contributed by atoms with E-state index < -0.39 is 0 Å². The second-order valence-corrected chi connectivity index (χ2v) is 6.51. The molecule has 1 aromatic heterocycles. The van der Waals surface area contributed by atoms with Crippen molar-refractivity contribution in [3.05, 3.63) is 17.6 Å². The van der Waals surface area contributed by atoms with Crippen LogP contribution in [0.5, 0.6) is 0 Å². The fraction of sp³-hybridized carbons (Fsp3) is 0.688. The summed E-state index contributed by atoms with van der Waals surface area (Å²) >= 11 is 0. The van der Waals surface area contributed by atoms with Crippen molar-refractivity contribution >= 4 is 11.7 Å². The first kappa shape index (κ1) is 16.7. The lowest BCUT2D eigenvalue weighted by atomic mass is 9.97. The summed E-state index contributed by atoms with van der Waals surface area (Å²) in [5, 5.41) is 0. The van der Waals surface area contributed by atoms with E-state index >= 15 is 0 Å². The first-order valence-electron chi connectivity index (χ1n) is 7.82. The predicted octanol–water partition coefficient (Wildman–Crippen LogP) is 1.33. The largest absolute Gasteiger partial charge is 0.363 e. The average Bonchev–Trinajstić information content (AvgIpc) is 2.46. The minimum Gasteiger partial charge on any atom is -0.363 e. The van der Waals surface area contributed by atoms with E-state index in [-0.39, 0.29) is 11.8 Å². The van der Waals surface area contributed by atoms with Gasteiger partial charge >= 0.3 is 0 Å². The molecule has 0 aromatic carbocycles. The molecular formula is C16H27N5O. The van der Waals surface area contributed by atoms with Crippen LogP contribution < -0.4 is 4.90 Å². The maximum Gasteiger partial charge on any atom is 0.219 e. The number of amides is 1. The van der Waals surface area contributed by atoms with Gasteiger partial charge in [0.05, 0.1) is 5.69 Å². The molecule has 1 aromatic rings. The molecule has 0 spiro atoms. The molecule has 1 fully saturated rings. The number of nitrogens with zero attached hydrogens (tertiary/aromatic N) is 5. The molecule has 6 nitrogen and oxygen atoms in total. The number of hydrogen-bond donors (Lipinski definition) is 0. The Morgan fingerprint density at radius 3 is 2.64 bits per heavy atom. The number of rotatable bonds is 4. The van der Waals surface area contributed by atoms with Crippen LogP contribution in [0.3, 0.4) is 0 Å². The lowest BCUT2D eigenvalue weighted by molar-refractivity contribution is -0.130. The molecule has 2 heterocycles. The normalized spacial score (nSPS) is 18.6. The summed E-state index contributed by atoms with van der Waals surface area (Å²) in [5.41, 5.74) is 1.03. The van der Waals surface area contributed by atoms with Crippen molar-refractivity contribution < 1.29 is 4.79 Å². The van der Waals surface area contributed by atoms with Crippen LogP contribution in [-0.2, 0) is 11.3 Å². The Bertz CT molecular complexity index is 529. The standard InChI is InChI=1S/C16H27N5O/c1-12(22)21-8-6-7-13(10-21)16-17-14(11-19(2)3)9-15(18-16)20(4)5/h9,13H,6-8,10-11H2,1-5H3/t13-/m1/s1. The Balaban J connectivity index is 2.28. The van der Waals surface area contributed by atoms with Crippen molar-refractivity contribution in [1.82, 2.24) is 19.8 Å². The third-order valence-electron chi connectivity index (χ3n) is 3.95. The van der Waals surface area contributed by atoms with Crippen LogP contribution in [0.1, 0.15) is 37.2 Å². The molecule has 2 rings (SSSR count). The van der Waals surface area contributed by atoms with Gasteiger partial charge in [-0.25, -0.2) is 9.97 Å². The van der Waals surface area contributed by atoms with Crippen LogP contribution in [0.2, 0.25) is 0 Å². The first-order chi connectivity index (χ1) is 10.4. The zero-order valence-electron chi connectivity index (χ0n) is 14.3. The fourth-order valence-corrected chi connectivity index (χ4v) is 2.79. The van der Waals surface area contributed by atoms with Gasteiger partial charge in [0, 0.05) is 52.6 Å². The molecule has 1 atom stereocenters. The second kappa shape index (κ2) is 7.05. The minimum absolute atomic E-state index is 0.141. The lowest BCUT2D eigenvalue weighted by Crippen LogP contribution is -2.38. The maximum absolute atomic E-state index is 11.6. The van der Waals surface area contributed by atoms with Gasteiger partial charge in [-0.2, -0.15) is 0 Å². The van der Waals surface area contributed by atoms with Crippen molar-refractivity contribution in [2.45, 2.75) is 32.2 Å². The summed E-state index contributed by atoms with van der Waals surface area (Å²) in [4.78, 5) is 27.1. The van der Waals surface area contributed by atoms with E-state index in [1.165, 1.54) is 0 Å². The lowest BCUT2D eigenvalue weighted by Gasteiger charge is -2.31. The Labute approximate surface area is 133 Å². The van der Waals surface area contributed by atoms with Crippen molar-refractivity contribution in [1.29, 1.82) is 0 Å². The summed E-state index contributed by atoms with van der Waals surface area (Å²) in [5.74, 6) is 2.18. The summed E-state index contributed by atoms with van der Waals surface area (Å²) in [7, 11) is 8.06. The Morgan fingerprint density at radius 2 is 2.05 bits per heavy atom. The van der Waals surface area contributed by atoms with E-state index in [0.29, 0.717) is 0 Å². The average molecular weight is 305 g/mol. The van der Waals surface area contributed by atoms with Gasteiger partial charge in [-0.05, 0) is 26.9 Å². The molecule has 0 radical (unpaired) electrons. The number of hydrogen-bond acceptors (Lipinski definition) is 5. The quantitative estimate of drug-likeness (QED) is 0.840. The smallest absolute Gasteiger partial charge is 0.219 e. The van der Waals surface area contributed by atoms with Crippen molar-refractivity contribution in [2.24, 2.45) is 0 Å². The van der Waals surface area contributed by atoms with Crippen molar-refractivity contribution in [2.75, 3.05) is 46.2 Å². The van der Waals surface area contributed by atoms with Crippen molar-refractivity contribution in [3.63, 3.8) is 0 Å². The highest BCUT2D eigenvalue weighted by molar-refractivity contribution is 5.73. The molecule has 22 heavy (non-hydrogen) atoms. The van der Waals surface area contributed by atoms with Gasteiger partial charge in [-0.15, -0.1) is 0 Å². The zero-order chi connectivity index (χ0) is 16.3. The van der Waals surface area contributed by atoms with Crippen LogP contribution in [0.15, 0.2) is 6.07 Å². The number of likely N-dealkylation sites (tertiary alicyclic amines) is 1. The number of carbonyl (C=O) groups excluding carboxylic acids is 1. The van der Waals surface area contributed by atoms with Crippen LogP contribution in [0.4, 0.5) is 5.82 Å². The van der Waals surface area contributed by atoms with Gasteiger partial charge < -0.3 is 14.7 Å². The summed E-state index contributed by atoms with van der Waals surface area (Å²) in [6, 6.07) is 2.04. The van der Waals surface area contributed by atoms with Crippen LogP contribution >= 0.6 is 0 Å². The molecule has 1 saturated heterocycles. The van der Waals surface area contributed by atoms with Crippen molar-refractivity contribution in [3.8, 4) is 0 Å². The number of piperidine rings is 1. The Kier molecular flexibility index (Phi) is 5.34. The predicted molar refractivity (Wildman–Crippen MR) is 88.0 cm³/mol. The van der Waals surface area contributed by atoms with Gasteiger partial charge in [-0.3, -0.25) is 4.79 Å². The van der Waals surface area contributed by atoms with Gasteiger partial charge in [-0.1, -0.05) is 0 Å². The van der Waals surface area contributed by atoms with E-state index in [4.69, 9.17) is 9.97 Å². The molecule has 0 unspecified atom stereocenters. The molecule has 0 bridgehead atoms. The third-order valence-corrected chi connectivity index (χ3v) is 3.95. The van der Waals surface area contributed by atoms with E-state index in [9.17, 15) is 4.79 Å². The minimum atomic E-state index is 0.141. The van der Waals surface area contributed by atoms with Crippen LogP contribution in [-0.4, -0.2) is 67.0 Å². The molecule has 0 N–H and O–H groups in total. The highest BCUT2D eigenvalue weighted by Gasteiger charge is 2.25. The number of anilines is 1. The third kappa shape index (κ3) is 4.16. The van der Waals surface area contributed by atoms with E-state index in [1.807, 2.05) is 44.1 Å². The van der Waals surface area contributed by atoms with E-state index in [2.05, 4.69) is 4.90 Å². The SMILES string of the molecule is CC(=O)N1CCC[C@@H](c2nc(CN(C)C)cc(N(C)C)n2)C1. The molecule has 1 aliphatic heterocycles. The highest BCUT2D eigenvalue weighted by Crippen LogP contribution is 2.26. The molecule has 6 heteroatoms. The second-order valence-electron chi connectivity index (χ2n) is 6.51. The van der Waals surface area contributed by atoms with E-state index in [0.717, 1.165) is 49.8 Å². The summed E-state index contributed by atoms with van der Waals surface area (Å²) < 4.78 is 0. The fourth-order valence-electron chi connectivity index (χ4n) is 2.79. The molecule has 0 saturated carbocycles. The Morgan fingerprint density at radius 1 is 1.32 bits per heavy atom. The topological polar surface area (TPSA) is 52.6 Å². The molecule has 1 aliphatic rings. The summed E-state index contributed by atoms with van der Waals surface area (Å²) in [6.07, 6.45) is 2.06. The van der Waals surface area contributed by atoms with Gasteiger partial charge in [0.25, 0.3) is 0 Å². The van der Waals surface area contributed by atoms with Gasteiger partial charge in [0.1, 0.15) is 11.6 Å². The molecule has 1 amide bonds. The molecule has 0 aliphatic carbocycles. The van der Waals surface area contributed by atoms with Crippen LogP contribution in [0.25, 0.3) is 0 Å². The maximum atomic E-state index is 11.6. The Hall–Kier alpha value is -1.69. The zero-order valence-corrected chi connectivity index (χ0v) is 14.3. The molecular weight excluding hydrogens is 278 g/mol. The van der Waals surface area contributed by atoms with Gasteiger partial charge in [0.15, 0.2) is 0 Å². The van der Waals surface area contributed by atoms with Gasteiger partial charge in [0.2, 0.25) is 5.91 Å². The monoisotopic (exact) mass is 305 g/mol. The highest BCUT2D eigenvalue weighted by atomic mass is 16.2. The number of carbonyl (C=O) groups is 1. The molecule has 122 valence electrons. The van der Waals surface area contributed by atoms with E-state index in [1.54, 1.807) is 6.92 Å².